The number of rotatable bonds is 5. The first kappa shape index (κ1) is 23.1. The fraction of sp³-hybridized carbons (Fsp3) is 0.947. The van der Waals surface area contributed by atoms with Crippen molar-refractivity contribution >= 4 is 29.9 Å². The zero-order valence-corrected chi connectivity index (χ0v) is 19.7. The Labute approximate surface area is 182 Å². The summed E-state index contributed by atoms with van der Waals surface area (Å²) in [7, 11) is 1.91. The molecule has 3 rings (SSSR count). The Bertz CT molecular complexity index is 451. The number of ether oxygens (including phenoxy) is 1. The number of likely N-dealkylation sites (tertiary alicyclic amines) is 1. The fourth-order valence-corrected chi connectivity index (χ4v) is 4.40. The third-order valence-electron chi connectivity index (χ3n) is 6.27. The SMILES string of the molecule is CCN1CCN(C(C)CNC(=NC)N2CCC(N3CCOCC3)C2)CC1.I. The minimum atomic E-state index is 0. The lowest BCUT2D eigenvalue weighted by molar-refractivity contribution is 0.0194. The van der Waals surface area contributed by atoms with Crippen molar-refractivity contribution < 1.29 is 4.74 Å². The highest BCUT2D eigenvalue weighted by atomic mass is 127. The minimum absolute atomic E-state index is 0. The molecule has 0 aromatic rings. The first-order chi connectivity index (χ1) is 12.7. The molecule has 3 fully saturated rings. The fourth-order valence-electron chi connectivity index (χ4n) is 4.40. The van der Waals surface area contributed by atoms with Crippen LogP contribution in [0.2, 0.25) is 0 Å². The van der Waals surface area contributed by atoms with Crippen LogP contribution < -0.4 is 5.32 Å². The summed E-state index contributed by atoms with van der Waals surface area (Å²) in [6.07, 6.45) is 1.23. The average molecular weight is 494 g/mol. The van der Waals surface area contributed by atoms with Crippen LogP contribution in [0.15, 0.2) is 4.99 Å². The molecule has 7 nitrogen and oxygen atoms in total. The van der Waals surface area contributed by atoms with E-state index in [-0.39, 0.29) is 24.0 Å². The standard InChI is InChI=1S/C19H38N6O.HI/c1-4-22-7-9-23(10-8-22)17(2)15-21-19(20-3)25-6-5-18(16-25)24-11-13-26-14-12-24;/h17-18H,4-16H2,1-3H3,(H,20,21);1H. The van der Waals surface area contributed by atoms with Crippen molar-refractivity contribution in [3.05, 3.63) is 0 Å². The molecule has 0 aliphatic carbocycles. The third kappa shape index (κ3) is 6.42. The Hall–Kier alpha value is -0.160. The maximum Gasteiger partial charge on any atom is 0.193 e. The number of guanidine groups is 1. The normalized spacial score (nSPS) is 27.4. The number of halogens is 1. The van der Waals surface area contributed by atoms with Gasteiger partial charge in [-0.3, -0.25) is 14.8 Å². The summed E-state index contributed by atoms with van der Waals surface area (Å²) in [4.78, 5) is 14.7. The molecule has 2 unspecified atom stereocenters. The molecule has 158 valence electrons. The van der Waals surface area contributed by atoms with Gasteiger partial charge >= 0.3 is 0 Å². The summed E-state index contributed by atoms with van der Waals surface area (Å²) in [6.45, 7) is 17.6. The molecule has 3 heterocycles. The van der Waals surface area contributed by atoms with Gasteiger partial charge in [-0.15, -0.1) is 24.0 Å². The smallest absolute Gasteiger partial charge is 0.193 e. The number of hydrogen-bond donors (Lipinski definition) is 1. The number of likely N-dealkylation sites (N-methyl/N-ethyl adjacent to an activating group) is 1. The largest absolute Gasteiger partial charge is 0.379 e. The number of nitrogens with one attached hydrogen (secondary N) is 1. The Morgan fingerprint density at radius 3 is 2.44 bits per heavy atom. The molecule has 27 heavy (non-hydrogen) atoms. The zero-order chi connectivity index (χ0) is 18.4. The maximum absolute atomic E-state index is 5.49. The lowest BCUT2D eigenvalue weighted by Crippen LogP contribution is -2.53. The molecule has 8 heteroatoms. The van der Waals surface area contributed by atoms with Crippen molar-refractivity contribution in [1.82, 2.24) is 24.9 Å². The summed E-state index contributed by atoms with van der Waals surface area (Å²) in [5.74, 6) is 1.07. The van der Waals surface area contributed by atoms with Gasteiger partial charge in [-0.25, -0.2) is 0 Å². The van der Waals surface area contributed by atoms with E-state index in [1.165, 1.54) is 39.1 Å². The van der Waals surface area contributed by atoms with Crippen LogP contribution in [0.4, 0.5) is 0 Å². The number of morpholine rings is 1. The number of aliphatic imine (C=N–C) groups is 1. The summed E-state index contributed by atoms with van der Waals surface area (Å²) in [5, 5.41) is 3.63. The van der Waals surface area contributed by atoms with Crippen LogP contribution in [0.25, 0.3) is 0 Å². The van der Waals surface area contributed by atoms with Crippen molar-refractivity contribution in [3.8, 4) is 0 Å². The lowest BCUT2D eigenvalue weighted by Gasteiger charge is -2.38. The van der Waals surface area contributed by atoms with Gasteiger partial charge in [-0.05, 0) is 19.9 Å². The topological polar surface area (TPSA) is 46.6 Å². The zero-order valence-electron chi connectivity index (χ0n) is 17.4. The second-order valence-corrected chi connectivity index (χ2v) is 7.78. The van der Waals surface area contributed by atoms with E-state index in [0.29, 0.717) is 12.1 Å². The monoisotopic (exact) mass is 494 g/mol. The maximum atomic E-state index is 5.49. The van der Waals surface area contributed by atoms with Crippen LogP contribution in [0.1, 0.15) is 20.3 Å². The van der Waals surface area contributed by atoms with Crippen LogP contribution in [-0.4, -0.2) is 123 Å². The van der Waals surface area contributed by atoms with Gasteiger partial charge in [0.2, 0.25) is 0 Å². The Morgan fingerprint density at radius 1 is 1.11 bits per heavy atom. The van der Waals surface area contributed by atoms with Gasteiger partial charge in [0.05, 0.1) is 13.2 Å². The van der Waals surface area contributed by atoms with Crippen molar-refractivity contribution in [2.45, 2.75) is 32.4 Å². The molecular formula is C19H39IN6O. The molecule has 2 atom stereocenters. The van der Waals surface area contributed by atoms with E-state index in [1.54, 1.807) is 0 Å². The van der Waals surface area contributed by atoms with E-state index >= 15 is 0 Å². The number of piperazine rings is 1. The second-order valence-electron chi connectivity index (χ2n) is 7.78. The molecule has 0 saturated carbocycles. The van der Waals surface area contributed by atoms with Crippen LogP contribution in [0, 0.1) is 0 Å². The van der Waals surface area contributed by atoms with Crippen molar-refractivity contribution in [2.75, 3.05) is 85.7 Å². The van der Waals surface area contributed by atoms with Crippen LogP contribution in [-0.2, 0) is 4.74 Å². The van der Waals surface area contributed by atoms with Crippen LogP contribution >= 0.6 is 24.0 Å². The van der Waals surface area contributed by atoms with E-state index < -0.39 is 0 Å². The van der Waals surface area contributed by atoms with E-state index in [1.807, 2.05) is 7.05 Å². The van der Waals surface area contributed by atoms with Crippen molar-refractivity contribution in [1.29, 1.82) is 0 Å². The summed E-state index contributed by atoms with van der Waals surface area (Å²) < 4.78 is 5.49. The summed E-state index contributed by atoms with van der Waals surface area (Å²) in [6, 6.07) is 1.19. The molecule has 3 saturated heterocycles. The minimum Gasteiger partial charge on any atom is -0.379 e. The van der Waals surface area contributed by atoms with E-state index in [4.69, 9.17) is 4.74 Å². The molecule has 1 N–H and O–H groups in total. The average Bonchev–Trinajstić information content (AvgIpc) is 3.19. The van der Waals surface area contributed by atoms with E-state index in [2.05, 4.69) is 43.8 Å². The molecule has 3 aliphatic heterocycles. The van der Waals surface area contributed by atoms with Gasteiger partial charge in [0, 0.05) is 78.0 Å². The van der Waals surface area contributed by atoms with Gasteiger partial charge in [-0.2, -0.15) is 0 Å². The third-order valence-corrected chi connectivity index (χ3v) is 6.27. The Kier molecular flexibility index (Phi) is 10.1. The molecule has 0 spiro atoms. The molecule has 0 aromatic heterocycles. The van der Waals surface area contributed by atoms with Gasteiger partial charge in [0.25, 0.3) is 0 Å². The first-order valence-electron chi connectivity index (χ1n) is 10.4. The predicted molar refractivity (Wildman–Crippen MR) is 122 cm³/mol. The molecule has 0 amide bonds. The summed E-state index contributed by atoms with van der Waals surface area (Å²) >= 11 is 0. The Morgan fingerprint density at radius 2 is 1.81 bits per heavy atom. The van der Waals surface area contributed by atoms with Gasteiger partial charge in [-0.1, -0.05) is 6.92 Å². The second kappa shape index (κ2) is 11.7. The van der Waals surface area contributed by atoms with E-state index in [9.17, 15) is 0 Å². The first-order valence-corrected chi connectivity index (χ1v) is 10.4. The molecule has 0 bridgehead atoms. The number of nitrogens with zero attached hydrogens (tertiary/aromatic N) is 5. The Balaban J connectivity index is 0.00000261. The summed E-state index contributed by atoms with van der Waals surface area (Å²) in [5.41, 5.74) is 0. The highest BCUT2D eigenvalue weighted by Crippen LogP contribution is 2.17. The quantitative estimate of drug-likeness (QED) is 0.344. The van der Waals surface area contributed by atoms with Gasteiger partial charge in [0.1, 0.15) is 0 Å². The highest BCUT2D eigenvalue weighted by molar-refractivity contribution is 14.0. The van der Waals surface area contributed by atoms with Crippen LogP contribution in [0.3, 0.4) is 0 Å². The lowest BCUT2D eigenvalue weighted by atomic mass is 10.2. The van der Waals surface area contributed by atoms with Crippen molar-refractivity contribution in [2.24, 2.45) is 4.99 Å². The molecule has 3 aliphatic rings. The van der Waals surface area contributed by atoms with Gasteiger partial charge in [0.15, 0.2) is 5.96 Å². The predicted octanol–water partition coefficient (Wildman–Crippen LogP) is 0.612. The van der Waals surface area contributed by atoms with Crippen LogP contribution in [0.5, 0.6) is 0 Å². The van der Waals surface area contributed by atoms with Gasteiger partial charge < -0.3 is 19.9 Å². The van der Waals surface area contributed by atoms with Crippen molar-refractivity contribution in [3.63, 3.8) is 0 Å². The molecular weight excluding hydrogens is 455 g/mol. The number of hydrogen-bond acceptors (Lipinski definition) is 5. The molecule has 0 aromatic carbocycles. The highest BCUT2D eigenvalue weighted by Gasteiger charge is 2.30. The molecule has 0 radical (unpaired) electrons. The van der Waals surface area contributed by atoms with E-state index in [0.717, 1.165) is 51.9 Å².